The van der Waals surface area contributed by atoms with Crippen LogP contribution in [0.4, 0.5) is 17.6 Å². The molecule has 0 aliphatic heterocycles. The van der Waals surface area contributed by atoms with Crippen LogP contribution in [0.15, 0.2) is 0 Å². The van der Waals surface area contributed by atoms with Crippen LogP contribution < -0.4 is 0 Å². The standard InChI is InChI=1S/C5H8F4O/c1-2-3-4(6,10)5(7,8)9/h10H,2-3H2,1H3. The van der Waals surface area contributed by atoms with E-state index in [0.717, 1.165) is 0 Å². The summed E-state index contributed by atoms with van der Waals surface area (Å²) in [5.41, 5.74) is 0. The first kappa shape index (κ1) is 9.68. The van der Waals surface area contributed by atoms with E-state index in [4.69, 9.17) is 5.11 Å². The normalized spacial score (nSPS) is 18.6. The summed E-state index contributed by atoms with van der Waals surface area (Å²) < 4.78 is 46.2. The first-order valence-corrected chi connectivity index (χ1v) is 2.79. The molecule has 10 heavy (non-hydrogen) atoms. The Balaban J connectivity index is 4.10. The van der Waals surface area contributed by atoms with E-state index in [1.807, 2.05) is 0 Å². The number of rotatable bonds is 2. The molecule has 0 bridgehead atoms. The first-order valence-electron chi connectivity index (χ1n) is 2.79. The van der Waals surface area contributed by atoms with Gasteiger partial charge in [0.25, 0.3) is 0 Å². The fraction of sp³-hybridized carbons (Fsp3) is 1.00. The van der Waals surface area contributed by atoms with Crippen LogP contribution in [0.2, 0.25) is 0 Å². The van der Waals surface area contributed by atoms with Crippen LogP contribution in [-0.2, 0) is 0 Å². The Morgan fingerprint density at radius 2 is 1.60 bits per heavy atom. The van der Waals surface area contributed by atoms with Crippen molar-refractivity contribution in [1.29, 1.82) is 0 Å². The van der Waals surface area contributed by atoms with Gasteiger partial charge in [0, 0.05) is 6.42 Å². The molecule has 0 aromatic carbocycles. The van der Waals surface area contributed by atoms with Crippen molar-refractivity contribution in [2.75, 3.05) is 0 Å². The molecule has 0 saturated carbocycles. The molecule has 0 saturated heterocycles. The van der Waals surface area contributed by atoms with E-state index in [9.17, 15) is 17.6 Å². The molecule has 0 spiro atoms. The smallest absolute Gasteiger partial charge is 0.355 e. The lowest BCUT2D eigenvalue weighted by atomic mass is 10.2. The Bertz CT molecular complexity index is 107. The molecule has 1 atom stereocenters. The van der Waals surface area contributed by atoms with Crippen LogP contribution in [0.1, 0.15) is 19.8 Å². The van der Waals surface area contributed by atoms with Crippen molar-refractivity contribution in [3.8, 4) is 0 Å². The third kappa shape index (κ3) is 2.13. The van der Waals surface area contributed by atoms with E-state index in [2.05, 4.69) is 0 Å². The Hall–Kier alpha value is -0.320. The maximum Gasteiger partial charge on any atom is 0.448 e. The molecule has 0 rings (SSSR count). The van der Waals surface area contributed by atoms with Gasteiger partial charge in [-0.3, -0.25) is 0 Å². The van der Waals surface area contributed by atoms with E-state index in [1.54, 1.807) is 0 Å². The van der Waals surface area contributed by atoms with Gasteiger partial charge in [0.15, 0.2) is 0 Å². The Labute approximate surface area is 55.7 Å². The zero-order chi connectivity index (χ0) is 8.41. The summed E-state index contributed by atoms with van der Waals surface area (Å²) in [6.07, 6.45) is -6.12. The van der Waals surface area contributed by atoms with Crippen LogP contribution in [-0.4, -0.2) is 17.1 Å². The van der Waals surface area contributed by atoms with Crippen molar-refractivity contribution in [1.82, 2.24) is 0 Å². The lowest BCUT2D eigenvalue weighted by Crippen LogP contribution is -2.40. The van der Waals surface area contributed by atoms with Crippen LogP contribution in [0.25, 0.3) is 0 Å². The van der Waals surface area contributed by atoms with Crippen LogP contribution in [0.3, 0.4) is 0 Å². The van der Waals surface area contributed by atoms with Crippen molar-refractivity contribution in [3.63, 3.8) is 0 Å². The highest BCUT2D eigenvalue weighted by Crippen LogP contribution is 2.34. The van der Waals surface area contributed by atoms with Crippen molar-refractivity contribution in [2.45, 2.75) is 31.8 Å². The topological polar surface area (TPSA) is 20.2 Å². The van der Waals surface area contributed by atoms with Crippen LogP contribution in [0.5, 0.6) is 0 Å². The largest absolute Gasteiger partial charge is 0.448 e. The number of halogens is 4. The van der Waals surface area contributed by atoms with Crippen molar-refractivity contribution < 1.29 is 22.7 Å². The van der Waals surface area contributed by atoms with E-state index >= 15 is 0 Å². The molecule has 0 heterocycles. The maximum atomic E-state index is 12.0. The quantitative estimate of drug-likeness (QED) is 0.612. The molecule has 5 heteroatoms. The lowest BCUT2D eigenvalue weighted by molar-refractivity contribution is -0.317. The zero-order valence-electron chi connectivity index (χ0n) is 5.37. The van der Waals surface area contributed by atoms with Gasteiger partial charge < -0.3 is 5.11 Å². The summed E-state index contributed by atoms with van der Waals surface area (Å²) in [5.74, 6) is -4.01. The summed E-state index contributed by atoms with van der Waals surface area (Å²) in [4.78, 5) is 0. The molecular formula is C5H8F4O. The predicted molar refractivity (Wildman–Crippen MR) is 27.0 cm³/mol. The van der Waals surface area contributed by atoms with Gasteiger partial charge in [-0.15, -0.1) is 0 Å². The minimum absolute atomic E-state index is 0.0491. The second-order valence-electron chi connectivity index (χ2n) is 2.01. The average molecular weight is 160 g/mol. The average Bonchev–Trinajstić information content (AvgIpc) is 1.61. The molecule has 0 amide bonds. The Kier molecular flexibility index (Phi) is 2.65. The van der Waals surface area contributed by atoms with Crippen molar-refractivity contribution in [3.05, 3.63) is 0 Å². The molecule has 1 N–H and O–H groups in total. The summed E-state index contributed by atoms with van der Waals surface area (Å²) in [6, 6.07) is 0. The number of alkyl halides is 4. The first-order chi connectivity index (χ1) is 4.31. The van der Waals surface area contributed by atoms with Gasteiger partial charge in [-0.25, -0.2) is 4.39 Å². The summed E-state index contributed by atoms with van der Waals surface area (Å²) >= 11 is 0. The highest BCUT2D eigenvalue weighted by Gasteiger charge is 2.53. The summed E-state index contributed by atoms with van der Waals surface area (Å²) in [7, 11) is 0. The van der Waals surface area contributed by atoms with Crippen molar-refractivity contribution in [2.24, 2.45) is 0 Å². The van der Waals surface area contributed by atoms with Gasteiger partial charge in [0.05, 0.1) is 0 Å². The molecule has 0 aromatic rings. The molecule has 0 aliphatic rings. The number of hydrogen-bond acceptors (Lipinski definition) is 1. The zero-order valence-corrected chi connectivity index (χ0v) is 5.37. The fourth-order valence-corrected chi connectivity index (χ4v) is 0.473. The molecule has 1 nitrogen and oxygen atoms in total. The lowest BCUT2D eigenvalue weighted by Gasteiger charge is -2.20. The van der Waals surface area contributed by atoms with E-state index < -0.39 is 18.5 Å². The molecule has 0 aromatic heterocycles. The second kappa shape index (κ2) is 2.74. The van der Waals surface area contributed by atoms with Crippen molar-refractivity contribution >= 4 is 0 Å². The summed E-state index contributed by atoms with van der Waals surface area (Å²) in [6.45, 7) is 1.36. The SMILES string of the molecule is CCCC(O)(F)C(F)(F)F. The highest BCUT2D eigenvalue weighted by atomic mass is 19.4. The Morgan fingerprint density at radius 1 is 1.20 bits per heavy atom. The van der Waals surface area contributed by atoms with Gasteiger partial charge >= 0.3 is 12.0 Å². The van der Waals surface area contributed by atoms with Crippen LogP contribution in [0, 0.1) is 0 Å². The third-order valence-electron chi connectivity index (χ3n) is 1.02. The Morgan fingerprint density at radius 3 is 1.70 bits per heavy atom. The fourth-order valence-electron chi connectivity index (χ4n) is 0.473. The predicted octanol–water partition coefficient (Wildman–Crippen LogP) is 2.01. The van der Waals surface area contributed by atoms with E-state index in [-0.39, 0.29) is 6.42 Å². The van der Waals surface area contributed by atoms with Gasteiger partial charge in [0.2, 0.25) is 0 Å². The minimum atomic E-state index is -5.16. The van der Waals surface area contributed by atoms with E-state index in [1.165, 1.54) is 6.92 Å². The minimum Gasteiger partial charge on any atom is -0.355 e. The molecule has 0 fully saturated rings. The van der Waals surface area contributed by atoms with Gasteiger partial charge in [0.1, 0.15) is 0 Å². The molecular weight excluding hydrogens is 152 g/mol. The van der Waals surface area contributed by atoms with Gasteiger partial charge in [-0.1, -0.05) is 13.3 Å². The van der Waals surface area contributed by atoms with Crippen LogP contribution >= 0.6 is 0 Å². The van der Waals surface area contributed by atoms with E-state index in [0.29, 0.717) is 0 Å². The summed E-state index contributed by atoms with van der Waals surface area (Å²) in [5, 5.41) is 8.06. The maximum absolute atomic E-state index is 12.0. The second-order valence-corrected chi connectivity index (χ2v) is 2.01. The molecule has 62 valence electrons. The molecule has 0 aliphatic carbocycles. The third-order valence-corrected chi connectivity index (χ3v) is 1.02. The van der Waals surface area contributed by atoms with Gasteiger partial charge in [-0.2, -0.15) is 13.2 Å². The molecule has 0 radical (unpaired) electrons. The number of aliphatic hydroxyl groups is 1. The monoisotopic (exact) mass is 160 g/mol. The van der Waals surface area contributed by atoms with Gasteiger partial charge in [-0.05, 0) is 0 Å². The number of hydrogen-bond donors (Lipinski definition) is 1. The molecule has 1 unspecified atom stereocenters. The highest BCUT2D eigenvalue weighted by molar-refractivity contribution is 4.73.